The number of anilines is 1. The highest BCUT2D eigenvalue weighted by atomic mass is 32.1. The summed E-state index contributed by atoms with van der Waals surface area (Å²) in [7, 11) is 1.58. The number of benzene rings is 2. The van der Waals surface area contributed by atoms with Gasteiger partial charge in [0.1, 0.15) is 5.75 Å². The average molecular weight is 481 g/mol. The maximum atomic E-state index is 12.5. The van der Waals surface area contributed by atoms with Gasteiger partial charge in [-0.1, -0.05) is 12.1 Å². The number of rotatable bonds is 8. The number of carbonyl (C=O) groups is 3. The van der Waals surface area contributed by atoms with Crippen molar-refractivity contribution in [2.24, 2.45) is 5.92 Å². The Morgan fingerprint density at radius 1 is 1.24 bits per heavy atom. The van der Waals surface area contributed by atoms with Crippen LogP contribution >= 0.6 is 11.3 Å². The molecule has 1 saturated heterocycles. The number of thiazole rings is 1. The van der Waals surface area contributed by atoms with Gasteiger partial charge in [0.2, 0.25) is 5.91 Å². The Hall–Kier alpha value is -4.12. The number of non-ortho nitro benzene ring substituents is 1. The van der Waals surface area contributed by atoms with E-state index in [0.29, 0.717) is 16.6 Å². The molecule has 2 aromatic carbocycles. The normalized spacial score (nSPS) is 15.3. The fourth-order valence-corrected chi connectivity index (χ4v) is 4.32. The Morgan fingerprint density at radius 3 is 2.71 bits per heavy atom. The Morgan fingerprint density at radius 2 is 2.00 bits per heavy atom. The molecular formula is C23H19N3O7S. The second-order valence-electron chi connectivity index (χ2n) is 7.49. The van der Waals surface area contributed by atoms with E-state index in [1.807, 2.05) is 29.6 Å². The number of hydrogen-bond acceptors (Lipinski definition) is 9. The molecule has 0 saturated carbocycles. The average Bonchev–Trinajstić information content (AvgIpc) is 3.49. The zero-order valence-corrected chi connectivity index (χ0v) is 18.8. The van der Waals surface area contributed by atoms with Crippen molar-refractivity contribution < 1.29 is 28.8 Å². The molecule has 3 aromatic rings. The Balaban J connectivity index is 1.36. The molecule has 2 heterocycles. The number of ketones is 1. The zero-order chi connectivity index (χ0) is 24.2. The number of esters is 1. The van der Waals surface area contributed by atoms with Gasteiger partial charge in [-0.2, -0.15) is 0 Å². The second-order valence-corrected chi connectivity index (χ2v) is 8.32. The summed E-state index contributed by atoms with van der Waals surface area (Å²) in [4.78, 5) is 53.3. The van der Waals surface area contributed by atoms with Crippen molar-refractivity contribution >= 4 is 39.8 Å². The van der Waals surface area contributed by atoms with Gasteiger partial charge in [-0.3, -0.25) is 29.4 Å². The van der Waals surface area contributed by atoms with E-state index in [1.165, 1.54) is 40.5 Å². The number of Topliss-reactive ketones (excluding diaryl/α,β-unsaturated/α-hetero) is 1. The molecule has 1 amide bonds. The van der Waals surface area contributed by atoms with Gasteiger partial charge in [0.05, 0.1) is 23.6 Å². The fourth-order valence-electron chi connectivity index (χ4n) is 3.46. The molecule has 1 aliphatic rings. The first kappa shape index (κ1) is 23.1. The van der Waals surface area contributed by atoms with Gasteiger partial charge in [0, 0.05) is 41.6 Å². The van der Waals surface area contributed by atoms with E-state index in [4.69, 9.17) is 9.47 Å². The molecule has 10 nitrogen and oxygen atoms in total. The number of amides is 1. The van der Waals surface area contributed by atoms with E-state index in [1.54, 1.807) is 7.11 Å². The lowest BCUT2D eigenvalue weighted by atomic mass is 10.1. The summed E-state index contributed by atoms with van der Waals surface area (Å²) < 4.78 is 10.4. The third-order valence-electron chi connectivity index (χ3n) is 5.29. The number of ether oxygens (including phenoxy) is 2. The number of carbonyl (C=O) groups excluding carboxylic acids is 3. The first-order valence-corrected chi connectivity index (χ1v) is 11.1. The van der Waals surface area contributed by atoms with Crippen LogP contribution in [0.1, 0.15) is 16.8 Å². The zero-order valence-electron chi connectivity index (χ0n) is 18.0. The van der Waals surface area contributed by atoms with E-state index in [9.17, 15) is 24.5 Å². The molecule has 1 aliphatic heterocycles. The molecule has 34 heavy (non-hydrogen) atoms. The van der Waals surface area contributed by atoms with Crippen molar-refractivity contribution in [2.45, 2.75) is 6.42 Å². The summed E-state index contributed by atoms with van der Waals surface area (Å²) in [5.41, 5.74) is 1.57. The minimum Gasteiger partial charge on any atom is -0.497 e. The van der Waals surface area contributed by atoms with Crippen LogP contribution < -0.4 is 9.64 Å². The number of hydrogen-bond donors (Lipinski definition) is 0. The molecule has 11 heteroatoms. The maximum absolute atomic E-state index is 12.5. The van der Waals surface area contributed by atoms with Crippen molar-refractivity contribution in [3.05, 3.63) is 69.6 Å². The van der Waals surface area contributed by atoms with Crippen molar-refractivity contribution in [1.82, 2.24) is 4.98 Å². The highest BCUT2D eigenvalue weighted by Crippen LogP contribution is 2.33. The third kappa shape index (κ3) is 4.94. The van der Waals surface area contributed by atoms with Crippen LogP contribution in [0.25, 0.3) is 11.3 Å². The van der Waals surface area contributed by atoms with Crippen molar-refractivity contribution in [1.29, 1.82) is 0 Å². The molecule has 0 radical (unpaired) electrons. The minimum absolute atomic E-state index is 0.0430. The highest BCUT2D eigenvalue weighted by Gasteiger charge is 2.37. The van der Waals surface area contributed by atoms with E-state index < -0.39 is 29.2 Å². The lowest BCUT2D eigenvalue weighted by molar-refractivity contribution is -0.384. The number of methoxy groups -OCH3 is 1. The predicted molar refractivity (Wildman–Crippen MR) is 123 cm³/mol. The van der Waals surface area contributed by atoms with Gasteiger partial charge in [0.25, 0.3) is 5.69 Å². The van der Waals surface area contributed by atoms with Crippen LogP contribution in [-0.4, -0.2) is 47.8 Å². The molecule has 1 aromatic heterocycles. The molecule has 4 rings (SSSR count). The monoisotopic (exact) mass is 481 g/mol. The van der Waals surface area contributed by atoms with E-state index in [0.717, 1.165) is 5.56 Å². The topological polar surface area (TPSA) is 129 Å². The molecule has 0 spiro atoms. The number of nitro benzene ring substituents is 1. The van der Waals surface area contributed by atoms with Gasteiger partial charge in [-0.15, -0.1) is 11.3 Å². The molecule has 0 aliphatic carbocycles. The minimum atomic E-state index is -0.721. The molecule has 0 bridgehead atoms. The van der Waals surface area contributed by atoms with E-state index >= 15 is 0 Å². The molecule has 174 valence electrons. The van der Waals surface area contributed by atoms with Crippen LogP contribution in [0.15, 0.2) is 53.9 Å². The summed E-state index contributed by atoms with van der Waals surface area (Å²) in [6.45, 7) is -0.410. The van der Waals surface area contributed by atoms with Crippen LogP contribution in [0, 0.1) is 16.0 Å². The quantitative estimate of drug-likeness (QED) is 0.207. The first-order valence-electron chi connectivity index (χ1n) is 10.2. The molecule has 0 N–H and O–H groups in total. The first-order chi connectivity index (χ1) is 16.4. The van der Waals surface area contributed by atoms with Gasteiger partial charge in [0.15, 0.2) is 17.5 Å². The lowest BCUT2D eigenvalue weighted by Gasteiger charge is -2.12. The summed E-state index contributed by atoms with van der Waals surface area (Å²) in [5, 5.41) is 13.0. The van der Waals surface area contributed by atoms with Crippen LogP contribution in [0.5, 0.6) is 5.75 Å². The summed E-state index contributed by atoms with van der Waals surface area (Å²) in [5.74, 6) is -1.44. The third-order valence-corrected chi connectivity index (χ3v) is 6.16. The van der Waals surface area contributed by atoms with Crippen LogP contribution in [0.4, 0.5) is 10.8 Å². The highest BCUT2D eigenvalue weighted by molar-refractivity contribution is 7.14. The second kappa shape index (κ2) is 9.79. The van der Waals surface area contributed by atoms with Crippen LogP contribution in [0.2, 0.25) is 0 Å². The summed E-state index contributed by atoms with van der Waals surface area (Å²) in [6.07, 6.45) is -0.0430. The lowest BCUT2D eigenvalue weighted by Crippen LogP contribution is -2.27. The van der Waals surface area contributed by atoms with Crippen molar-refractivity contribution in [3.8, 4) is 17.0 Å². The van der Waals surface area contributed by atoms with Crippen LogP contribution in [-0.2, 0) is 14.3 Å². The molecule has 0 unspecified atom stereocenters. The smallest absolute Gasteiger partial charge is 0.311 e. The predicted octanol–water partition coefficient (Wildman–Crippen LogP) is 3.51. The van der Waals surface area contributed by atoms with E-state index in [-0.39, 0.29) is 30.1 Å². The summed E-state index contributed by atoms with van der Waals surface area (Å²) >= 11 is 1.29. The Kier molecular flexibility index (Phi) is 6.64. The van der Waals surface area contributed by atoms with Gasteiger partial charge in [-0.25, -0.2) is 4.98 Å². The van der Waals surface area contributed by atoms with Gasteiger partial charge >= 0.3 is 5.97 Å². The van der Waals surface area contributed by atoms with E-state index in [2.05, 4.69) is 4.98 Å². The molecule has 1 atom stereocenters. The largest absolute Gasteiger partial charge is 0.497 e. The number of nitro groups is 1. The maximum Gasteiger partial charge on any atom is 0.311 e. The number of aromatic nitrogens is 1. The SMILES string of the molecule is COc1cccc(-c2csc(N3C[C@H](C(=O)OCC(=O)c4ccc([N+](=O)[O-])cc4)CC3=O)n2)c1. The fraction of sp³-hybridized carbons (Fsp3) is 0.217. The Labute approximate surface area is 197 Å². The van der Waals surface area contributed by atoms with Crippen molar-refractivity contribution in [2.75, 3.05) is 25.2 Å². The van der Waals surface area contributed by atoms with Gasteiger partial charge < -0.3 is 9.47 Å². The van der Waals surface area contributed by atoms with Gasteiger partial charge in [-0.05, 0) is 24.3 Å². The molecular weight excluding hydrogens is 462 g/mol. The van der Waals surface area contributed by atoms with Crippen molar-refractivity contribution in [3.63, 3.8) is 0 Å². The summed E-state index contributed by atoms with van der Waals surface area (Å²) in [6, 6.07) is 12.4. The molecule has 1 fully saturated rings. The number of nitrogens with zero attached hydrogens (tertiary/aromatic N) is 3. The standard InChI is InChI=1S/C23H19N3O7S/c1-32-18-4-2-3-15(9-18)19-13-34-23(24-19)25-11-16(10-21(25)28)22(29)33-12-20(27)14-5-7-17(8-6-14)26(30)31/h2-9,13,16H,10-12H2,1H3/t16-/m1/s1. The van der Waals surface area contributed by atoms with Crippen LogP contribution in [0.3, 0.4) is 0 Å². The Bertz CT molecular complexity index is 1260.